The number of hydrazine groups is 1. The lowest BCUT2D eigenvalue weighted by Crippen LogP contribution is -2.59. The van der Waals surface area contributed by atoms with Crippen molar-refractivity contribution >= 4 is 29.8 Å². The summed E-state index contributed by atoms with van der Waals surface area (Å²) < 4.78 is 15.8. The zero-order valence-corrected chi connectivity index (χ0v) is 30.4. The van der Waals surface area contributed by atoms with Crippen molar-refractivity contribution in [2.45, 2.75) is 110 Å². The first-order chi connectivity index (χ1) is 23.3. The maximum atomic E-state index is 14.6. The number of nitrogens with one attached hydrogen (secondary N) is 3. The van der Waals surface area contributed by atoms with Crippen LogP contribution in [0, 0.1) is 23.7 Å². The summed E-state index contributed by atoms with van der Waals surface area (Å²) in [6.45, 7) is 9.51. The second kappa shape index (κ2) is 21.4. The summed E-state index contributed by atoms with van der Waals surface area (Å²) in [5.41, 5.74) is 10.5. The number of nitrogens with two attached hydrogens (primary N) is 1. The molecular weight excluding hydrogens is 630 g/mol. The first-order valence-corrected chi connectivity index (χ1v) is 17.6. The average molecular weight is 690 g/mol. The van der Waals surface area contributed by atoms with Gasteiger partial charge in [0.2, 0.25) is 0 Å². The van der Waals surface area contributed by atoms with Crippen molar-refractivity contribution in [1.29, 1.82) is 0 Å². The molecule has 1 aliphatic carbocycles. The third-order valence-electron chi connectivity index (χ3n) is 9.03. The van der Waals surface area contributed by atoms with Gasteiger partial charge in [0.1, 0.15) is 12.1 Å². The van der Waals surface area contributed by atoms with E-state index in [1.54, 1.807) is 44.8 Å². The molecule has 1 aromatic rings. The zero-order chi connectivity index (χ0) is 36.5. The van der Waals surface area contributed by atoms with Crippen LogP contribution in [-0.2, 0) is 28.6 Å². The fraction of sp³-hybridized carbons (Fsp3) is 0.694. The third-order valence-corrected chi connectivity index (χ3v) is 9.03. The Hall–Kier alpha value is -3.71. The zero-order valence-electron chi connectivity index (χ0n) is 30.4. The average Bonchev–Trinajstić information content (AvgIpc) is 3.08. The van der Waals surface area contributed by atoms with Gasteiger partial charge in [0.15, 0.2) is 5.78 Å². The van der Waals surface area contributed by atoms with Gasteiger partial charge in [-0.2, -0.15) is 0 Å². The van der Waals surface area contributed by atoms with Crippen molar-refractivity contribution in [2.24, 2.45) is 29.4 Å². The number of esters is 1. The molecule has 2 unspecified atom stereocenters. The van der Waals surface area contributed by atoms with Crippen molar-refractivity contribution in [1.82, 2.24) is 21.1 Å². The Kier molecular flexibility index (Phi) is 18.1. The van der Waals surface area contributed by atoms with Gasteiger partial charge >= 0.3 is 18.2 Å². The standard InChI is InChI=1S/C36H59N5O8/c1-8-9-20-28(42)49-27(29(30(37)26-18-14-11-15-19-26)33(43)31(23(2)3)38-35(45)47-6)22-41(21-25-16-12-10-13-17-25)40-34(44)32(24(4)5)39-36(46)48-7/h11,14-15,18-19,23-25,27,29-32H,8-10,12-13,16-17,20-22,37H2,1-7H3,(H,38,45)(H,39,46)(H,40,44)/t27-,29?,30?,31-,32-/m0/s1. The number of ketones is 1. The molecule has 0 spiro atoms. The van der Waals surface area contributed by atoms with Gasteiger partial charge in [-0.05, 0) is 42.6 Å². The molecule has 1 saturated carbocycles. The molecule has 276 valence electrons. The summed E-state index contributed by atoms with van der Waals surface area (Å²) in [6, 6.07) is 6.17. The Morgan fingerprint density at radius 1 is 0.878 bits per heavy atom. The van der Waals surface area contributed by atoms with Crippen LogP contribution in [-0.4, -0.2) is 80.4 Å². The van der Waals surface area contributed by atoms with Crippen molar-refractivity contribution < 1.29 is 38.2 Å². The molecule has 1 aliphatic rings. The number of hydrogen-bond acceptors (Lipinski definition) is 10. The molecule has 5 atom stereocenters. The van der Waals surface area contributed by atoms with Gasteiger partial charge in [-0.3, -0.25) is 19.8 Å². The van der Waals surface area contributed by atoms with E-state index in [1.165, 1.54) is 14.2 Å². The minimum atomic E-state index is -1.13. The fourth-order valence-corrected chi connectivity index (χ4v) is 6.22. The fourth-order valence-electron chi connectivity index (χ4n) is 6.22. The number of ether oxygens (including phenoxy) is 3. The maximum Gasteiger partial charge on any atom is 0.407 e. The molecule has 0 aliphatic heterocycles. The lowest BCUT2D eigenvalue weighted by atomic mass is 9.80. The van der Waals surface area contributed by atoms with E-state index in [-0.39, 0.29) is 30.7 Å². The van der Waals surface area contributed by atoms with Crippen molar-refractivity contribution in [2.75, 3.05) is 27.3 Å². The second-order valence-electron chi connectivity index (χ2n) is 13.6. The van der Waals surface area contributed by atoms with E-state index in [0.29, 0.717) is 18.5 Å². The van der Waals surface area contributed by atoms with Crippen LogP contribution in [0.2, 0.25) is 0 Å². The summed E-state index contributed by atoms with van der Waals surface area (Å²) in [6.07, 6.45) is 3.97. The molecule has 3 amide bonds. The van der Waals surface area contributed by atoms with E-state index in [1.807, 2.05) is 25.1 Å². The summed E-state index contributed by atoms with van der Waals surface area (Å²) >= 11 is 0. The maximum absolute atomic E-state index is 14.6. The smallest absolute Gasteiger partial charge is 0.407 e. The Morgan fingerprint density at radius 2 is 1.45 bits per heavy atom. The molecule has 1 aromatic carbocycles. The molecule has 49 heavy (non-hydrogen) atoms. The van der Waals surface area contributed by atoms with Gasteiger partial charge in [0.25, 0.3) is 5.91 Å². The van der Waals surface area contributed by atoms with Crippen LogP contribution >= 0.6 is 0 Å². The highest BCUT2D eigenvalue weighted by atomic mass is 16.5. The van der Waals surface area contributed by atoms with Crippen molar-refractivity contribution in [3.63, 3.8) is 0 Å². The largest absolute Gasteiger partial charge is 0.460 e. The Bertz CT molecular complexity index is 1190. The number of carbonyl (C=O) groups excluding carboxylic acids is 5. The van der Waals surface area contributed by atoms with Crippen LogP contribution in [0.1, 0.15) is 97.6 Å². The highest BCUT2D eigenvalue weighted by molar-refractivity contribution is 5.91. The quantitative estimate of drug-likeness (QED) is 0.0908. The summed E-state index contributed by atoms with van der Waals surface area (Å²) in [5.74, 6) is -2.94. The first-order valence-electron chi connectivity index (χ1n) is 17.6. The van der Waals surface area contributed by atoms with Gasteiger partial charge in [-0.25, -0.2) is 14.6 Å². The van der Waals surface area contributed by atoms with Gasteiger partial charge in [-0.1, -0.05) is 90.6 Å². The molecule has 2 rings (SSSR count). The molecule has 0 saturated heterocycles. The van der Waals surface area contributed by atoms with Crippen LogP contribution < -0.4 is 21.8 Å². The van der Waals surface area contributed by atoms with E-state index in [9.17, 15) is 24.0 Å². The molecule has 0 heterocycles. The molecule has 0 radical (unpaired) electrons. The highest BCUT2D eigenvalue weighted by Gasteiger charge is 2.43. The number of unbranched alkanes of at least 4 members (excludes halogenated alkanes) is 1. The number of hydrogen-bond donors (Lipinski definition) is 4. The molecule has 13 nitrogen and oxygen atoms in total. The minimum absolute atomic E-state index is 0.0663. The number of Topliss-reactive ketones (excluding diaryl/α,β-unsaturated/α-hetero) is 1. The number of rotatable bonds is 19. The van der Waals surface area contributed by atoms with E-state index < -0.39 is 60.0 Å². The van der Waals surface area contributed by atoms with Gasteiger partial charge < -0.3 is 30.6 Å². The molecule has 5 N–H and O–H groups in total. The topological polar surface area (TPSA) is 178 Å². The number of carbonyl (C=O) groups is 5. The van der Waals surface area contributed by atoms with Crippen LogP contribution in [0.5, 0.6) is 0 Å². The van der Waals surface area contributed by atoms with E-state index in [0.717, 1.165) is 38.5 Å². The van der Waals surface area contributed by atoms with Gasteiger partial charge in [-0.15, -0.1) is 0 Å². The molecule has 0 bridgehead atoms. The molecule has 1 fully saturated rings. The summed E-state index contributed by atoms with van der Waals surface area (Å²) in [4.78, 5) is 66.3. The van der Waals surface area contributed by atoms with Crippen LogP contribution in [0.4, 0.5) is 9.59 Å². The third kappa shape index (κ3) is 13.6. The number of nitrogens with zero attached hydrogens (tertiary/aromatic N) is 1. The van der Waals surface area contributed by atoms with Crippen molar-refractivity contribution in [3.8, 4) is 0 Å². The number of methoxy groups -OCH3 is 2. The normalized spacial score (nSPS) is 16.6. The minimum Gasteiger partial charge on any atom is -0.460 e. The summed E-state index contributed by atoms with van der Waals surface area (Å²) in [5, 5.41) is 6.95. The van der Waals surface area contributed by atoms with Crippen LogP contribution in [0.15, 0.2) is 30.3 Å². The first kappa shape index (κ1) is 41.5. The SMILES string of the molecule is CCCCC(=O)O[C@@H](CN(CC1CCCCC1)NC(=O)[C@@H](NC(=O)OC)C(C)C)C(C(=O)[C@@H](NC(=O)OC)C(C)C)C(N)c1ccccc1. The predicted molar refractivity (Wildman–Crippen MR) is 186 cm³/mol. The Labute approximate surface area is 291 Å². The van der Waals surface area contributed by atoms with Gasteiger partial charge in [0, 0.05) is 19.0 Å². The number of benzene rings is 1. The lowest BCUT2D eigenvalue weighted by molar-refractivity contribution is -0.157. The lowest BCUT2D eigenvalue weighted by Gasteiger charge is -2.38. The van der Waals surface area contributed by atoms with E-state index >= 15 is 0 Å². The van der Waals surface area contributed by atoms with Crippen molar-refractivity contribution in [3.05, 3.63) is 35.9 Å². The summed E-state index contributed by atoms with van der Waals surface area (Å²) in [7, 11) is 2.44. The Morgan fingerprint density at radius 3 is 1.98 bits per heavy atom. The monoisotopic (exact) mass is 689 g/mol. The number of amides is 3. The molecular formula is C36H59N5O8. The van der Waals surface area contributed by atoms with E-state index in [4.69, 9.17) is 19.9 Å². The second-order valence-corrected chi connectivity index (χ2v) is 13.6. The predicted octanol–water partition coefficient (Wildman–Crippen LogP) is 4.65. The van der Waals surface area contributed by atoms with E-state index in [2.05, 4.69) is 16.1 Å². The number of alkyl carbamates (subject to hydrolysis) is 2. The molecule has 0 aromatic heterocycles. The Balaban J connectivity index is 2.65. The van der Waals surface area contributed by atoms with Gasteiger partial charge in [0.05, 0.1) is 32.7 Å². The molecule has 13 heteroatoms. The van der Waals surface area contributed by atoms with Crippen LogP contribution in [0.25, 0.3) is 0 Å². The highest BCUT2D eigenvalue weighted by Crippen LogP contribution is 2.30. The van der Waals surface area contributed by atoms with Crippen LogP contribution in [0.3, 0.4) is 0 Å².